The van der Waals surface area contributed by atoms with Gasteiger partial charge in [0.05, 0.1) is 6.04 Å². The van der Waals surface area contributed by atoms with Gasteiger partial charge in [-0.1, -0.05) is 19.8 Å². The third-order valence-corrected chi connectivity index (χ3v) is 3.23. The largest absolute Gasteiger partial charge is 0.330 e. The van der Waals surface area contributed by atoms with E-state index in [1.807, 2.05) is 6.20 Å². The molecule has 0 radical (unpaired) electrons. The second kappa shape index (κ2) is 4.13. The third-order valence-electron chi connectivity index (χ3n) is 3.23. The Morgan fingerprint density at radius 2 is 2.29 bits per heavy atom. The molecule has 0 amide bonds. The summed E-state index contributed by atoms with van der Waals surface area (Å²) in [5, 5.41) is 4.43. The van der Waals surface area contributed by atoms with Crippen LogP contribution in [0.15, 0.2) is 12.3 Å². The highest BCUT2D eigenvalue weighted by Gasteiger charge is 2.21. The summed E-state index contributed by atoms with van der Waals surface area (Å²) < 4.78 is 2.20. The lowest BCUT2D eigenvalue weighted by Gasteiger charge is -2.17. The maximum absolute atomic E-state index is 5.69. The Hall–Kier alpha value is -0.830. The van der Waals surface area contributed by atoms with E-state index in [4.69, 9.17) is 5.73 Å². The Kier molecular flexibility index (Phi) is 2.87. The molecule has 78 valence electrons. The van der Waals surface area contributed by atoms with Crippen LogP contribution >= 0.6 is 0 Å². The predicted molar refractivity (Wildman–Crippen MR) is 57.2 cm³/mol. The SMILES string of the molecule is CC(CN)c1ccnn1C1CCCC1. The fraction of sp³-hybridized carbons (Fsp3) is 0.727. The lowest BCUT2D eigenvalue weighted by molar-refractivity contribution is 0.439. The van der Waals surface area contributed by atoms with Crippen LogP contribution in [0.1, 0.15) is 50.3 Å². The van der Waals surface area contributed by atoms with Gasteiger partial charge in [-0.25, -0.2) is 0 Å². The van der Waals surface area contributed by atoms with Crippen LogP contribution in [0.2, 0.25) is 0 Å². The number of aromatic nitrogens is 2. The summed E-state index contributed by atoms with van der Waals surface area (Å²) in [5.74, 6) is 0.429. The summed E-state index contributed by atoms with van der Waals surface area (Å²) in [5.41, 5.74) is 6.99. The van der Waals surface area contributed by atoms with E-state index in [-0.39, 0.29) is 0 Å². The summed E-state index contributed by atoms with van der Waals surface area (Å²) in [6.45, 7) is 2.88. The molecule has 3 heteroatoms. The van der Waals surface area contributed by atoms with Gasteiger partial charge in [-0.2, -0.15) is 5.10 Å². The maximum atomic E-state index is 5.69. The molecule has 0 bridgehead atoms. The molecule has 2 N–H and O–H groups in total. The predicted octanol–water partition coefficient (Wildman–Crippen LogP) is 2.06. The van der Waals surface area contributed by atoms with Crippen LogP contribution in [-0.4, -0.2) is 16.3 Å². The quantitative estimate of drug-likeness (QED) is 0.798. The van der Waals surface area contributed by atoms with Crippen LogP contribution in [0, 0.1) is 0 Å². The minimum atomic E-state index is 0.429. The van der Waals surface area contributed by atoms with Gasteiger partial charge in [0.1, 0.15) is 0 Å². The van der Waals surface area contributed by atoms with Gasteiger partial charge < -0.3 is 5.73 Å². The summed E-state index contributed by atoms with van der Waals surface area (Å²) in [6, 6.07) is 2.74. The molecule has 3 nitrogen and oxygen atoms in total. The minimum Gasteiger partial charge on any atom is -0.330 e. The number of nitrogens with zero attached hydrogens (tertiary/aromatic N) is 2. The van der Waals surface area contributed by atoms with Gasteiger partial charge in [0, 0.05) is 24.4 Å². The van der Waals surface area contributed by atoms with E-state index in [1.165, 1.54) is 31.4 Å². The lowest BCUT2D eigenvalue weighted by atomic mass is 10.1. The molecule has 1 unspecified atom stereocenters. The van der Waals surface area contributed by atoms with Crippen LogP contribution < -0.4 is 5.73 Å². The second-order valence-electron chi connectivity index (χ2n) is 4.28. The molecule has 2 rings (SSSR count). The number of hydrogen-bond acceptors (Lipinski definition) is 2. The van der Waals surface area contributed by atoms with E-state index in [2.05, 4.69) is 22.8 Å². The molecule has 1 fully saturated rings. The van der Waals surface area contributed by atoms with Crippen molar-refractivity contribution >= 4 is 0 Å². The average Bonchev–Trinajstić information content (AvgIpc) is 2.85. The topological polar surface area (TPSA) is 43.8 Å². The van der Waals surface area contributed by atoms with E-state index in [1.54, 1.807) is 0 Å². The molecule has 1 atom stereocenters. The first-order chi connectivity index (χ1) is 6.83. The molecule has 0 aliphatic heterocycles. The lowest BCUT2D eigenvalue weighted by Crippen LogP contribution is -2.17. The zero-order chi connectivity index (χ0) is 9.97. The van der Waals surface area contributed by atoms with E-state index in [0.717, 1.165) is 0 Å². The summed E-state index contributed by atoms with van der Waals surface area (Å²) >= 11 is 0. The van der Waals surface area contributed by atoms with Crippen LogP contribution in [-0.2, 0) is 0 Å². The fourth-order valence-corrected chi connectivity index (χ4v) is 2.29. The molecule has 1 aromatic rings. The smallest absolute Gasteiger partial charge is 0.0522 e. The monoisotopic (exact) mass is 193 g/mol. The second-order valence-corrected chi connectivity index (χ2v) is 4.28. The molecular weight excluding hydrogens is 174 g/mol. The Labute approximate surface area is 85.3 Å². The van der Waals surface area contributed by atoms with Crippen molar-refractivity contribution in [3.8, 4) is 0 Å². The summed E-state index contributed by atoms with van der Waals surface area (Å²) in [7, 11) is 0. The van der Waals surface area contributed by atoms with Crippen LogP contribution in [0.25, 0.3) is 0 Å². The highest BCUT2D eigenvalue weighted by Crippen LogP contribution is 2.31. The zero-order valence-corrected chi connectivity index (χ0v) is 8.82. The Bertz CT molecular complexity index is 286. The van der Waals surface area contributed by atoms with Gasteiger partial charge in [-0.3, -0.25) is 4.68 Å². The van der Waals surface area contributed by atoms with E-state index < -0.39 is 0 Å². The highest BCUT2D eigenvalue weighted by atomic mass is 15.3. The van der Waals surface area contributed by atoms with Crippen LogP contribution in [0.5, 0.6) is 0 Å². The van der Waals surface area contributed by atoms with Gasteiger partial charge in [0.25, 0.3) is 0 Å². The van der Waals surface area contributed by atoms with Crippen LogP contribution in [0.4, 0.5) is 0 Å². The highest BCUT2D eigenvalue weighted by molar-refractivity contribution is 5.08. The molecule has 1 aromatic heterocycles. The molecule has 1 heterocycles. The van der Waals surface area contributed by atoms with E-state index in [0.29, 0.717) is 18.5 Å². The molecule has 14 heavy (non-hydrogen) atoms. The maximum Gasteiger partial charge on any atom is 0.0522 e. The number of nitrogens with two attached hydrogens (primary N) is 1. The molecule has 1 aliphatic rings. The van der Waals surface area contributed by atoms with E-state index >= 15 is 0 Å². The van der Waals surface area contributed by atoms with Crippen molar-refractivity contribution in [2.75, 3.05) is 6.54 Å². The van der Waals surface area contributed by atoms with Crippen molar-refractivity contribution in [3.05, 3.63) is 18.0 Å². The Balaban J connectivity index is 2.19. The van der Waals surface area contributed by atoms with Gasteiger partial charge in [-0.05, 0) is 18.9 Å². The Morgan fingerprint density at radius 1 is 1.57 bits per heavy atom. The van der Waals surface area contributed by atoms with Crippen molar-refractivity contribution in [3.63, 3.8) is 0 Å². The van der Waals surface area contributed by atoms with E-state index in [9.17, 15) is 0 Å². The molecule has 0 saturated heterocycles. The molecule has 1 aliphatic carbocycles. The van der Waals surface area contributed by atoms with Gasteiger partial charge in [0.2, 0.25) is 0 Å². The number of hydrogen-bond donors (Lipinski definition) is 1. The van der Waals surface area contributed by atoms with Gasteiger partial charge in [-0.15, -0.1) is 0 Å². The zero-order valence-electron chi connectivity index (χ0n) is 8.82. The molecule has 0 aromatic carbocycles. The standard InChI is InChI=1S/C11H19N3/c1-9(8-12)11-6-7-13-14(11)10-4-2-3-5-10/h6-7,9-10H,2-5,8,12H2,1H3. The Morgan fingerprint density at radius 3 is 2.93 bits per heavy atom. The fourth-order valence-electron chi connectivity index (χ4n) is 2.29. The van der Waals surface area contributed by atoms with Crippen LogP contribution in [0.3, 0.4) is 0 Å². The molecular formula is C11H19N3. The average molecular weight is 193 g/mol. The van der Waals surface area contributed by atoms with Crippen molar-refractivity contribution in [2.24, 2.45) is 5.73 Å². The molecule has 1 saturated carbocycles. The van der Waals surface area contributed by atoms with Crippen molar-refractivity contribution in [2.45, 2.75) is 44.6 Å². The van der Waals surface area contributed by atoms with Gasteiger partial charge in [0.15, 0.2) is 0 Å². The first-order valence-electron chi connectivity index (χ1n) is 5.56. The summed E-state index contributed by atoms with van der Waals surface area (Å²) in [4.78, 5) is 0. The molecule has 0 spiro atoms. The number of rotatable bonds is 3. The van der Waals surface area contributed by atoms with Crippen molar-refractivity contribution in [1.29, 1.82) is 0 Å². The van der Waals surface area contributed by atoms with Gasteiger partial charge >= 0.3 is 0 Å². The summed E-state index contributed by atoms with van der Waals surface area (Å²) in [6.07, 6.45) is 7.17. The first kappa shape index (κ1) is 9.71. The van der Waals surface area contributed by atoms with Crippen molar-refractivity contribution in [1.82, 2.24) is 9.78 Å². The minimum absolute atomic E-state index is 0.429. The third kappa shape index (κ3) is 1.69. The van der Waals surface area contributed by atoms with Crippen molar-refractivity contribution < 1.29 is 0 Å². The first-order valence-corrected chi connectivity index (χ1v) is 5.56. The normalized spacial score (nSPS) is 20.1.